The van der Waals surface area contributed by atoms with Crippen molar-refractivity contribution in [2.45, 2.75) is 11.3 Å². The third-order valence-electron chi connectivity index (χ3n) is 6.03. The molecule has 1 saturated carbocycles. The van der Waals surface area contributed by atoms with E-state index in [0.717, 1.165) is 12.1 Å². The van der Waals surface area contributed by atoms with Gasteiger partial charge in [-0.25, -0.2) is 12.8 Å². The molecule has 28 heavy (non-hydrogen) atoms. The zero-order valence-electron chi connectivity index (χ0n) is 15.1. The summed E-state index contributed by atoms with van der Waals surface area (Å²) < 4.78 is 39.7. The van der Waals surface area contributed by atoms with E-state index in [-0.39, 0.29) is 48.8 Å². The van der Waals surface area contributed by atoms with Gasteiger partial charge >= 0.3 is 5.97 Å². The van der Waals surface area contributed by atoms with Crippen molar-refractivity contribution >= 4 is 21.9 Å². The van der Waals surface area contributed by atoms with E-state index in [4.69, 9.17) is 0 Å². The summed E-state index contributed by atoms with van der Waals surface area (Å²) >= 11 is 0. The Balaban J connectivity index is 1.44. The van der Waals surface area contributed by atoms with Crippen LogP contribution in [0.25, 0.3) is 0 Å². The van der Waals surface area contributed by atoms with Crippen molar-refractivity contribution in [2.24, 2.45) is 23.7 Å². The van der Waals surface area contributed by atoms with Crippen LogP contribution in [-0.4, -0.2) is 60.8 Å². The minimum atomic E-state index is -3.76. The molecule has 0 spiro atoms. The van der Waals surface area contributed by atoms with Gasteiger partial charge in [-0.15, -0.1) is 0 Å². The van der Waals surface area contributed by atoms with Crippen molar-refractivity contribution in [3.05, 3.63) is 42.2 Å². The highest BCUT2D eigenvalue weighted by molar-refractivity contribution is 7.89. The van der Waals surface area contributed by atoms with Gasteiger partial charge in [0.2, 0.25) is 15.9 Å². The van der Waals surface area contributed by atoms with E-state index < -0.39 is 33.6 Å². The number of halogens is 1. The number of aliphatic carboxylic acids is 1. The Labute approximate surface area is 162 Å². The number of piperazine rings is 1. The number of sulfonamides is 1. The molecule has 2 aliphatic carbocycles. The predicted octanol–water partition coefficient (Wildman–Crippen LogP) is 1.18. The van der Waals surface area contributed by atoms with Gasteiger partial charge in [0.15, 0.2) is 0 Å². The molecule has 0 aromatic heterocycles. The van der Waals surface area contributed by atoms with Crippen LogP contribution >= 0.6 is 0 Å². The van der Waals surface area contributed by atoms with Crippen LogP contribution in [0, 0.1) is 29.5 Å². The number of rotatable bonds is 4. The van der Waals surface area contributed by atoms with Gasteiger partial charge in [-0.05, 0) is 42.5 Å². The molecule has 0 radical (unpaired) electrons. The summed E-state index contributed by atoms with van der Waals surface area (Å²) in [7, 11) is -3.76. The third-order valence-corrected chi connectivity index (χ3v) is 7.94. The van der Waals surface area contributed by atoms with Gasteiger partial charge in [-0.1, -0.05) is 12.2 Å². The summed E-state index contributed by atoms with van der Waals surface area (Å²) in [6.07, 6.45) is 4.51. The largest absolute Gasteiger partial charge is 0.481 e. The molecule has 9 heteroatoms. The number of carboxylic acids is 1. The summed E-state index contributed by atoms with van der Waals surface area (Å²) in [6, 6.07) is 4.64. The van der Waals surface area contributed by atoms with Crippen molar-refractivity contribution in [1.82, 2.24) is 9.21 Å². The lowest BCUT2D eigenvalue weighted by Crippen LogP contribution is -2.53. The maximum absolute atomic E-state index is 13.1. The first-order valence-corrected chi connectivity index (χ1v) is 10.7. The van der Waals surface area contributed by atoms with Crippen LogP contribution in [0.1, 0.15) is 6.42 Å². The minimum absolute atomic E-state index is 0.0119. The first-order valence-electron chi connectivity index (χ1n) is 9.24. The van der Waals surface area contributed by atoms with E-state index in [1.54, 1.807) is 4.90 Å². The third kappa shape index (κ3) is 3.12. The number of fused-ring (bicyclic) bond motifs is 2. The lowest BCUT2D eigenvalue weighted by Gasteiger charge is -2.37. The maximum Gasteiger partial charge on any atom is 0.307 e. The number of amides is 1. The number of nitrogens with zero attached hydrogens (tertiary/aromatic N) is 2. The molecule has 1 aromatic carbocycles. The fourth-order valence-electron chi connectivity index (χ4n) is 4.61. The van der Waals surface area contributed by atoms with Gasteiger partial charge in [0.05, 0.1) is 16.7 Å². The number of benzene rings is 1. The molecule has 2 fully saturated rings. The van der Waals surface area contributed by atoms with E-state index in [9.17, 15) is 27.5 Å². The molecule has 4 unspecified atom stereocenters. The first-order chi connectivity index (χ1) is 13.3. The lowest BCUT2D eigenvalue weighted by molar-refractivity contribution is -0.151. The summed E-state index contributed by atoms with van der Waals surface area (Å²) in [4.78, 5) is 26.2. The Morgan fingerprint density at radius 3 is 2.11 bits per heavy atom. The highest BCUT2D eigenvalue weighted by Crippen LogP contribution is 2.48. The van der Waals surface area contributed by atoms with Crippen LogP contribution in [-0.2, 0) is 19.6 Å². The zero-order valence-corrected chi connectivity index (χ0v) is 15.9. The minimum Gasteiger partial charge on any atom is -0.481 e. The van der Waals surface area contributed by atoms with Crippen LogP contribution in [0.4, 0.5) is 4.39 Å². The predicted molar refractivity (Wildman–Crippen MR) is 97.1 cm³/mol. The molecule has 4 atom stereocenters. The zero-order chi connectivity index (χ0) is 20.1. The molecular formula is C19H21FN2O5S. The van der Waals surface area contributed by atoms with E-state index in [1.165, 1.54) is 16.4 Å². The van der Waals surface area contributed by atoms with E-state index in [1.807, 2.05) is 12.2 Å². The number of hydrogen-bond acceptors (Lipinski definition) is 4. The number of allylic oxidation sites excluding steroid dienone is 2. The molecule has 3 aliphatic rings. The lowest BCUT2D eigenvalue weighted by atomic mass is 9.82. The second-order valence-corrected chi connectivity index (χ2v) is 9.46. The van der Waals surface area contributed by atoms with Gasteiger partial charge in [-0.2, -0.15) is 4.31 Å². The topological polar surface area (TPSA) is 95.0 Å². The van der Waals surface area contributed by atoms with E-state index in [2.05, 4.69) is 0 Å². The second kappa shape index (κ2) is 6.97. The average Bonchev–Trinajstić information content (AvgIpc) is 3.29. The Kier molecular flexibility index (Phi) is 4.75. The van der Waals surface area contributed by atoms with Crippen molar-refractivity contribution in [3.8, 4) is 0 Å². The highest BCUT2D eigenvalue weighted by Gasteiger charge is 2.52. The van der Waals surface area contributed by atoms with Gasteiger partial charge < -0.3 is 10.0 Å². The van der Waals surface area contributed by atoms with Gasteiger partial charge in [0.25, 0.3) is 0 Å². The van der Waals surface area contributed by atoms with Gasteiger partial charge in [-0.3, -0.25) is 9.59 Å². The van der Waals surface area contributed by atoms with E-state index >= 15 is 0 Å². The molecule has 7 nitrogen and oxygen atoms in total. The summed E-state index contributed by atoms with van der Waals surface area (Å²) in [6.45, 7) is 0.673. The van der Waals surface area contributed by atoms with Gasteiger partial charge in [0, 0.05) is 26.2 Å². The standard InChI is InChI=1S/C19H21FN2O5S/c20-14-3-5-15(6-4-14)28(26,27)22-9-7-21(8-10-22)18(23)16-12-1-2-13(11-12)17(16)19(24)25/h1-6,12-13,16-17H,7-11H2,(H,24,25). The number of carbonyl (C=O) groups excluding carboxylic acids is 1. The SMILES string of the molecule is O=C(O)C1C2C=CC(C2)C1C(=O)N1CCN(S(=O)(=O)c2ccc(F)cc2)CC1. The Morgan fingerprint density at radius 2 is 1.54 bits per heavy atom. The molecule has 1 amide bonds. The van der Waals surface area contributed by atoms with Gasteiger partial charge in [0.1, 0.15) is 5.82 Å². The number of carboxylic acid groups (broad SMARTS) is 1. The molecule has 1 aliphatic heterocycles. The molecule has 2 bridgehead atoms. The monoisotopic (exact) mass is 408 g/mol. The van der Waals surface area contributed by atoms with Crippen LogP contribution in [0.5, 0.6) is 0 Å². The summed E-state index contributed by atoms with van der Waals surface area (Å²) in [5.41, 5.74) is 0. The summed E-state index contributed by atoms with van der Waals surface area (Å²) in [5.74, 6) is -3.11. The molecule has 1 heterocycles. The maximum atomic E-state index is 13.1. The number of hydrogen-bond donors (Lipinski definition) is 1. The fraction of sp³-hybridized carbons (Fsp3) is 0.474. The van der Waals surface area contributed by atoms with Crippen molar-refractivity contribution < 1.29 is 27.5 Å². The normalized spacial score (nSPS) is 30.0. The Bertz CT molecular complexity index is 922. The molecule has 1 N–H and O–H groups in total. The number of carbonyl (C=O) groups is 2. The molecule has 4 rings (SSSR count). The molecular weight excluding hydrogens is 387 g/mol. The van der Waals surface area contributed by atoms with Crippen molar-refractivity contribution in [3.63, 3.8) is 0 Å². The molecule has 1 aromatic rings. The fourth-order valence-corrected chi connectivity index (χ4v) is 6.03. The quantitative estimate of drug-likeness (QED) is 0.755. The van der Waals surface area contributed by atoms with Crippen LogP contribution in [0.15, 0.2) is 41.3 Å². The smallest absolute Gasteiger partial charge is 0.307 e. The van der Waals surface area contributed by atoms with Crippen LogP contribution in [0.3, 0.4) is 0 Å². The second-order valence-electron chi connectivity index (χ2n) is 7.52. The first kappa shape index (κ1) is 19.1. The van der Waals surface area contributed by atoms with Crippen LogP contribution < -0.4 is 0 Å². The summed E-state index contributed by atoms with van der Waals surface area (Å²) in [5, 5.41) is 9.53. The van der Waals surface area contributed by atoms with Crippen LogP contribution in [0.2, 0.25) is 0 Å². The van der Waals surface area contributed by atoms with E-state index in [0.29, 0.717) is 6.42 Å². The Hall–Kier alpha value is -2.26. The van der Waals surface area contributed by atoms with Crippen molar-refractivity contribution in [2.75, 3.05) is 26.2 Å². The Morgan fingerprint density at radius 1 is 0.964 bits per heavy atom. The molecule has 1 saturated heterocycles. The average molecular weight is 408 g/mol. The molecule has 150 valence electrons. The highest BCUT2D eigenvalue weighted by atomic mass is 32.2. The van der Waals surface area contributed by atoms with Crippen molar-refractivity contribution in [1.29, 1.82) is 0 Å².